The van der Waals surface area contributed by atoms with E-state index in [2.05, 4.69) is 5.10 Å². The van der Waals surface area contributed by atoms with Crippen LogP contribution in [0.2, 0.25) is 0 Å². The van der Waals surface area contributed by atoms with Gasteiger partial charge in [-0.1, -0.05) is 12.1 Å². The van der Waals surface area contributed by atoms with Crippen LogP contribution in [-0.4, -0.2) is 28.6 Å². The maximum absolute atomic E-state index is 10.2. The lowest BCUT2D eigenvalue weighted by Crippen LogP contribution is -2.10. The summed E-state index contributed by atoms with van der Waals surface area (Å²) in [6.07, 6.45) is 1.41. The minimum atomic E-state index is -0.665. The summed E-state index contributed by atoms with van der Waals surface area (Å²) in [7, 11) is 3.35. The summed E-state index contributed by atoms with van der Waals surface area (Å²) in [5, 5.41) is 14.3. The molecule has 0 fully saturated rings. The molecule has 2 rings (SSSR count). The van der Waals surface area contributed by atoms with Crippen molar-refractivity contribution in [1.29, 1.82) is 0 Å². The molecule has 0 aliphatic carbocycles. The van der Waals surface area contributed by atoms with Crippen molar-refractivity contribution in [3.05, 3.63) is 41.7 Å². The molecule has 0 amide bonds. The molecule has 0 radical (unpaired) electrons. The Kier molecular flexibility index (Phi) is 4.63. The van der Waals surface area contributed by atoms with E-state index >= 15 is 0 Å². The molecule has 0 saturated heterocycles. The molecular formula is C15H20N2O3. The molecule has 0 aliphatic rings. The van der Waals surface area contributed by atoms with Gasteiger partial charge < -0.3 is 14.6 Å². The monoisotopic (exact) mass is 276 g/mol. The molecule has 1 heterocycles. The third-order valence-electron chi connectivity index (χ3n) is 3.13. The van der Waals surface area contributed by atoms with E-state index in [0.29, 0.717) is 24.5 Å². The van der Waals surface area contributed by atoms with Crippen molar-refractivity contribution in [3.63, 3.8) is 0 Å². The third kappa shape index (κ3) is 3.30. The SMILES string of the molecule is COc1cnn(C)c1C(O)CCOc1cccc(C)c1. The number of rotatable bonds is 6. The van der Waals surface area contributed by atoms with Crippen LogP contribution in [0.15, 0.2) is 30.5 Å². The van der Waals surface area contributed by atoms with Crippen LogP contribution in [0.5, 0.6) is 11.5 Å². The lowest BCUT2D eigenvalue weighted by Gasteiger charge is -2.13. The summed E-state index contributed by atoms with van der Waals surface area (Å²) in [5.41, 5.74) is 1.82. The van der Waals surface area contributed by atoms with Gasteiger partial charge in [-0.15, -0.1) is 0 Å². The third-order valence-corrected chi connectivity index (χ3v) is 3.13. The fourth-order valence-electron chi connectivity index (χ4n) is 2.09. The highest BCUT2D eigenvalue weighted by molar-refractivity contribution is 5.28. The van der Waals surface area contributed by atoms with Gasteiger partial charge in [0.05, 0.1) is 19.9 Å². The summed E-state index contributed by atoms with van der Waals surface area (Å²) in [6, 6.07) is 7.84. The first-order chi connectivity index (χ1) is 9.61. The maximum atomic E-state index is 10.2. The lowest BCUT2D eigenvalue weighted by atomic mass is 10.2. The number of aromatic nitrogens is 2. The van der Waals surface area contributed by atoms with Gasteiger partial charge in [0, 0.05) is 13.5 Å². The molecule has 0 aliphatic heterocycles. The van der Waals surface area contributed by atoms with Crippen molar-refractivity contribution in [2.24, 2.45) is 7.05 Å². The zero-order valence-corrected chi connectivity index (χ0v) is 12.0. The summed E-state index contributed by atoms with van der Waals surface area (Å²) in [5.74, 6) is 1.41. The number of hydrogen-bond donors (Lipinski definition) is 1. The van der Waals surface area contributed by atoms with Gasteiger partial charge in [-0.25, -0.2) is 0 Å². The number of aliphatic hydroxyl groups excluding tert-OH is 1. The number of ether oxygens (including phenoxy) is 2. The number of aryl methyl sites for hydroxylation is 2. The Morgan fingerprint density at radius 3 is 2.90 bits per heavy atom. The van der Waals surface area contributed by atoms with Crippen LogP contribution in [0.25, 0.3) is 0 Å². The summed E-state index contributed by atoms with van der Waals surface area (Å²) in [6.45, 7) is 2.45. The van der Waals surface area contributed by atoms with Crippen molar-refractivity contribution in [2.45, 2.75) is 19.4 Å². The molecule has 1 N–H and O–H groups in total. The smallest absolute Gasteiger partial charge is 0.162 e. The first-order valence-corrected chi connectivity index (χ1v) is 6.55. The normalized spacial score (nSPS) is 12.2. The maximum Gasteiger partial charge on any atom is 0.162 e. The van der Waals surface area contributed by atoms with E-state index in [1.54, 1.807) is 25.0 Å². The van der Waals surface area contributed by atoms with E-state index in [-0.39, 0.29) is 0 Å². The number of aliphatic hydroxyl groups is 1. The Bertz CT molecular complexity index is 566. The molecule has 2 aromatic rings. The van der Waals surface area contributed by atoms with Crippen LogP contribution in [0.1, 0.15) is 23.8 Å². The minimum Gasteiger partial charge on any atom is -0.493 e. The minimum absolute atomic E-state index is 0.430. The van der Waals surface area contributed by atoms with Gasteiger partial charge in [-0.05, 0) is 24.6 Å². The highest BCUT2D eigenvalue weighted by Gasteiger charge is 2.18. The van der Waals surface area contributed by atoms with Crippen LogP contribution in [0.3, 0.4) is 0 Å². The van der Waals surface area contributed by atoms with Crippen molar-refractivity contribution in [1.82, 2.24) is 9.78 Å². The van der Waals surface area contributed by atoms with E-state index in [1.165, 1.54) is 0 Å². The van der Waals surface area contributed by atoms with Gasteiger partial charge in [-0.2, -0.15) is 5.10 Å². The fourth-order valence-corrected chi connectivity index (χ4v) is 2.09. The second-order valence-corrected chi connectivity index (χ2v) is 4.69. The van der Waals surface area contributed by atoms with E-state index in [0.717, 1.165) is 11.3 Å². The molecule has 20 heavy (non-hydrogen) atoms. The lowest BCUT2D eigenvalue weighted by molar-refractivity contribution is 0.130. The number of nitrogens with zero attached hydrogens (tertiary/aromatic N) is 2. The van der Waals surface area contributed by atoms with E-state index < -0.39 is 6.10 Å². The highest BCUT2D eigenvalue weighted by Crippen LogP contribution is 2.26. The van der Waals surface area contributed by atoms with Crippen LogP contribution < -0.4 is 9.47 Å². The zero-order valence-electron chi connectivity index (χ0n) is 12.0. The summed E-state index contributed by atoms with van der Waals surface area (Å²) < 4.78 is 12.4. The van der Waals surface area contributed by atoms with Crippen molar-refractivity contribution in [3.8, 4) is 11.5 Å². The van der Waals surface area contributed by atoms with E-state index in [9.17, 15) is 5.11 Å². The Morgan fingerprint density at radius 2 is 2.20 bits per heavy atom. The van der Waals surface area contributed by atoms with Gasteiger partial charge in [0.1, 0.15) is 17.5 Å². The van der Waals surface area contributed by atoms with Gasteiger partial charge >= 0.3 is 0 Å². The largest absolute Gasteiger partial charge is 0.493 e. The van der Waals surface area contributed by atoms with Crippen LogP contribution in [0.4, 0.5) is 0 Å². The summed E-state index contributed by atoms with van der Waals surface area (Å²) >= 11 is 0. The molecule has 1 unspecified atom stereocenters. The second kappa shape index (κ2) is 6.43. The predicted molar refractivity (Wildman–Crippen MR) is 76.0 cm³/mol. The Hall–Kier alpha value is -2.01. The predicted octanol–water partition coefficient (Wildman–Crippen LogP) is 2.24. The Morgan fingerprint density at radius 1 is 1.40 bits per heavy atom. The molecule has 1 aromatic heterocycles. The van der Waals surface area contributed by atoms with Crippen LogP contribution in [0, 0.1) is 6.92 Å². The Labute approximate surface area is 118 Å². The zero-order chi connectivity index (χ0) is 14.5. The molecular weight excluding hydrogens is 256 g/mol. The van der Waals surface area contributed by atoms with Gasteiger partial charge in [0.2, 0.25) is 0 Å². The topological polar surface area (TPSA) is 56.5 Å². The standard InChI is InChI=1S/C15H20N2O3/c1-11-5-4-6-12(9-11)20-8-7-13(18)15-14(19-3)10-16-17(15)2/h4-6,9-10,13,18H,7-8H2,1-3H3. The average molecular weight is 276 g/mol. The molecule has 1 atom stereocenters. The van der Waals surface area contributed by atoms with Crippen molar-refractivity contribution >= 4 is 0 Å². The average Bonchev–Trinajstić information content (AvgIpc) is 2.80. The quantitative estimate of drug-likeness (QED) is 0.879. The van der Waals surface area contributed by atoms with Crippen LogP contribution >= 0.6 is 0 Å². The summed E-state index contributed by atoms with van der Waals surface area (Å²) in [4.78, 5) is 0. The molecule has 0 bridgehead atoms. The number of hydrogen-bond acceptors (Lipinski definition) is 4. The molecule has 5 nitrogen and oxygen atoms in total. The molecule has 0 spiro atoms. The van der Waals surface area contributed by atoms with Gasteiger partial charge in [-0.3, -0.25) is 4.68 Å². The molecule has 0 saturated carbocycles. The fraction of sp³-hybridized carbons (Fsp3) is 0.400. The molecule has 108 valence electrons. The Balaban J connectivity index is 1.92. The first kappa shape index (κ1) is 14.4. The number of methoxy groups -OCH3 is 1. The van der Waals surface area contributed by atoms with Crippen molar-refractivity contribution in [2.75, 3.05) is 13.7 Å². The van der Waals surface area contributed by atoms with Gasteiger partial charge in [0.25, 0.3) is 0 Å². The van der Waals surface area contributed by atoms with Crippen LogP contribution in [-0.2, 0) is 7.05 Å². The highest BCUT2D eigenvalue weighted by atomic mass is 16.5. The van der Waals surface area contributed by atoms with E-state index in [4.69, 9.17) is 9.47 Å². The van der Waals surface area contributed by atoms with E-state index in [1.807, 2.05) is 31.2 Å². The van der Waals surface area contributed by atoms with Gasteiger partial charge in [0.15, 0.2) is 5.75 Å². The second-order valence-electron chi connectivity index (χ2n) is 4.69. The number of benzene rings is 1. The first-order valence-electron chi connectivity index (χ1n) is 6.55. The molecule has 1 aromatic carbocycles. The molecule has 5 heteroatoms. The van der Waals surface area contributed by atoms with Crippen molar-refractivity contribution < 1.29 is 14.6 Å².